The average Bonchev–Trinajstić information content (AvgIpc) is 2.61. The molecular formula is C20H24N2. The second kappa shape index (κ2) is 7.77. The van der Waals surface area contributed by atoms with E-state index in [1.165, 1.54) is 0 Å². The van der Waals surface area contributed by atoms with Crippen LogP contribution in [0.3, 0.4) is 0 Å². The third-order valence-electron chi connectivity index (χ3n) is 4.42. The van der Waals surface area contributed by atoms with Crippen molar-refractivity contribution in [2.24, 2.45) is 0 Å². The van der Waals surface area contributed by atoms with Gasteiger partial charge in [0.1, 0.15) is 5.41 Å². The van der Waals surface area contributed by atoms with Crippen LogP contribution in [0.25, 0.3) is 0 Å². The first-order valence-corrected chi connectivity index (χ1v) is 8.01. The van der Waals surface area contributed by atoms with E-state index < -0.39 is 5.41 Å². The van der Waals surface area contributed by atoms with Crippen molar-refractivity contribution < 1.29 is 0 Å². The normalized spacial score (nSPS) is 11.4. The highest BCUT2D eigenvalue weighted by atomic mass is 15.1. The second-order valence-corrected chi connectivity index (χ2v) is 5.53. The van der Waals surface area contributed by atoms with E-state index in [1.54, 1.807) is 0 Å². The lowest BCUT2D eigenvalue weighted by Crippen LogP contribution is -2.33. The van der Waals surface area contributed by atoms with Crippen molar-refractivity contribution in [1.82, 2.24) is 4.90 Å². The third-order valence-corrected chi connectivity index (χ3v) is 4.42. The fourth-order valence-electron chi connectivity index (χ4n) is 2.95. The van der Waals surface area contributed by atoms with E-state index in [4.69, 9.17) is 0 Å². The van der Waals surface area contributed by atoms with E-state index in [2.05, 4.69) is 49.1 Å². The molecule has 0 N–H and O–H groups in total. The van der Waals surface area contributed by atoms with Crippen LogP contribution in [0.15, 0.2) is 60.7 Å². The molecule has 0 amide bonds. The molecule has 0 unspecified atom stereocenters. The smallest absolute Gasteiger partial charge is 0.108 e. The van der Waals surface area contributed by atoms with E-state index in [0.717, 1.165) is 37.2 Å². The molecule has 2 heteroatoms. The standard InChI is InChI=1S/C20H24N2/c1-3-22(4-2)16-15-20(17-21,18-11-7-5-8-12-18)19-13-9-6-10-14-19/h5-14H,3-4,15-16H2,1-2H3. The zero-order chi connectivity index (χ0) is 15.8. The molecule has 2 rings (SSSR count). The van der Waals surface area contributed by atoms with Gasteiger partial charge in [-0.3, -0.25) is 0 Å². The summed E-state index contributed by atoms with van der Waals surface area (Å²) in [5.74, 6) is 0. The summed E-state index contributed by atoms with van der Waals surface area (Å²) in [6, 6.07) is 23.0. The fraction of sp³-hybridized carbons (Fsp3) is 0.350. The summed E-state index contributed by atoms with van der Waals surface area (Å²) < 4.78 is 0. The Morgan fingerprint density at radius 2 is 1.32 bits per heavy atom. The molecule has 0 aromatic heterocycles. The predicted octanol–water partition coefficient (Wildman–Crippen LogP) is 4.23. The Balaban J connectivity index is 2.42. The molecule has 0 bridgehead atoms. The number of hydrogen-bond donors (Lipinski definition) is 0. The zero-order valence-corrected chi connectivity index (χ0v) is 13.5. The molecule has 114 valence electrons. The first-order chi connectivity index (χ1) is 10.8. The predicted molar refractivity (Wildman–Crippen MR) is 91.7 cm³/mol. The van der Waals surface area contributed by atoms with Gasteiger partial charge in [0.15, 0.2) is 0 Å². The molecule has 0 heterocycles. The van der Waals surface area contributed by atoms with Gasteiger partial charge in [-0.05, 0) is 30.6 Å². The average molecular weight is 292 g/mol. The topological polar surface area (TPSA) is 27.0 Å². The molecule has 0 saturated heterocycles. The first kappa shape index (κ1) is 16.3. The largest absolute Gasteiger partial charge is 0.304 e. The van der Waals surface area contributed by atoms with Gasteiger partial charge in [0.2, 0.25) is 0 Å². The molecule has 0 radical (unpaired) electrons. The number of hydrogen-bond acceptors (Lipinski definition) is 2. The summed E-state index contributed by atoms with van der Waals surface area (Å²) in [5.41, 5.74) is 1.58. The Bertz CT molecular complexity index is 555. The third kappa shape index (κ3) is 3.37. The minimum atomic E-state index is -0.578. The van der Waals surface area contributed by atoms with E-state index in [0.29, 0.717) is 0 Å². The lowest BCUT2D eigenvalue weighted by atomic mass is 9.73. The Labute approximate surface area is 134 Å². The number of nitrogens with zero attached hydrogens (tertiary/aromatic N) is 2. The van der Waals surface area contributed by atoms with Gasteiger partial charge in [-0.1, -0.05) is 74.5 Å². The molecule has 2 aromatic carbocycles. The highest BCUT2D eigenvalue weighted by Gasteiger charge is 2.34. The summed E-state index contributed by atoms with van der Waals surface area (Å²) in [4.78, 5) is 2.37. The second-order valence-electron chi connectivity index (χ2n) is 5.53. The zero-order valence-electron chi connectivity index (χ0n) is 13.5. The van der Waals surface area contributed by atoms with Crippen LogP contribution in [0, 0.1) is 11.3 Å². The van der Waals surface area contributed by atoms with E-state index in [9.17, 15) is 5.26 Å². The molecule has 0 aliphatic heterocycles. The van der Waals surface area contributed by atoms with Crippen LogP contribution in [0.5, 0.6) is 0 Å². The van der Waals surface area contributed by atoms with Crippen molar-refractivity contribution >= 4 is 0 Å². The minimum absolute atomic E-state index is 0.578. The van der Waals surface area contributed by atoms with Gasteiger partial charge < -0.3 is 4.90 Å². The molecule has 0 saturated carbocycles. The van der Waals surface area contributed by atoms with Crippen LogP contribution in [0.1, 0.15) is 31.4 Å². The van der Waals surface area contributed by atoms with E-state index in [-0.39, 0.29) is 0 Å². The van der Waals surface area contributed by atoms with Crippen LogP contribution < -0.4 is 0 Å². The van der Waals surface area contributed by atoms with Crippen LogP contribution >= 0.6 is 0 Å². The van der Waals surface area contributed by atoms with Crippen LogP contribution in [-0.4, -0.2) is 24.5 Å². The summed E-state index contributed by atoms with van der Waals surface area (Å²) >= 11 is 0. The summed E-state index contributed by atoms with van der Waals surface area (Å²) in [5, 5.41) is 10.1. The van der Waals surface area contributed by atoms with Crippen LogP contribution in [0.4, 0.5) is 0 Å². The Hall–Kier alpha value is -2.11. The molecule has 2 aromatic rings. The van der Waals surface area contributed by atoms with Crippen LogP contribution in [0.2, 0.25) is 0 Å². The maximum atomic E-state index is 10.1. The first-order valence-electron chi connectivity index (χ1n) is 8.01. The number of rotatable bonds is 7. The van der Waals surface area contributed by atoms with Crippen molar-refractivity contribution in [3.05, 3.63) is 71.8 Å². The van der Waals surface area contributed by atoms with Crippen molar-refractivity contribution in [1.29, 1.82) is 5.26 Å². The van der Waals surface area contributed by atoms with Crippen LogP contribution in [-0.2, 0) is 5.41 Å². The molecule has 22 heavy (non-hydrogen) atoms. The quantitative estimate of drug-likeness (QED) is 0.763. The van der Waals surface area contributed by atoms with Crippen molar-refractivity contribution in [3.63, 3.8) is 0 Å². The Kier molecular flexibility index (Phi) is 5.75. The lowest BCUT2D eigenvalue weighted by Gasteiger charge is -2.30. The SMILES string of the molecule is CCN(CC)CCC(C#N)(c1ccccc1)c1ccccc1. The Morgan fingerprint density at radius 3 is 1.68 bits per heavy atom. The molecule has 0 aliphatic carbocycles. The van der Waals surface area contributed by atoms with E-state index >= 15 is 0 Å². The maximum Gasteiger partial charge on any atom is 0.108 e. The van der Waals surface area contributed by atoms with Crippen molar-refractivity contribution in [3.8, 4) is 6.07 Å². The maximum absolute atomic E-state index is 10.1. The minimum Gasteiger partial charge on any atom is -0.304 e. The molecule has 2 nitrogen and oxygen atoms in total. The van der Waals surface area contributed by atoms with Gasteiger partial charge in [-0.2, -0.15) is 5.26 Å². The number of nitriles is 1. The molecule has 0 atom stereocenters. The highest BCUT2D eigenvalue weighted by molar-refractivity contribution is 5.45. The van der Waals surface area contributed by atoms with Gasteiger partial charge in [0, 0.05) is 6.54 Å². The highest BCUT2D eigenvalue weighted by Crippen LogP contribution is 2.35. The fourth-order valence-corrected chi connectivity index (χ4v) is 2.95. The van der Waals surface area contributed by atoms with Gasteiger partial charge >= 0.3 is 0 Å². The van der Waals surface area contributed by atoms with Gasteiger partial charge in [-0.25, -0.2) is 0 Å². The van der Waals surface area contributed by atoms with Crippen molar-refractivity contribution in [2.45, 2.75) is 25.7 Å². The molecule has 0 aliphatic rings. The lowest BCUT2D eigenvalue weighted by molar-refractivity contribution is 0.285. The summed E-state index contributed by atoms with van der Waals surface area (Å²) in [6.07, 6.45) is 0.805. The van der Waals surface area contributed by atoms with Gasteiger partial charge in [-0.15, -0.1) is 0 Å². The summed E-state index contributed by atoms with van der Waals surface area (Å²) in [6.45, 7) is 7.29. The van der Waals surface area contributed by atoms with Crippen molar-refractivity contribution in [2.75, 3.05) is 19.6 Å². The molecular weight excluding hydrogens is 268 g/mol. The monoisotopic (exact) mass is 292 g/mol. The van der Waals surface area contributed by atoms with Gasteiger partial charge in [0.05, 0.1) is 6.07 Å². The molecule has 0 fully saturated rings. The summed E-state index contributed by atoms with van der Waals surface area (Å²) in [7, 11) is 0. The Morgan fingerprint density at radius 1 is 0.864 bits per heavy atom. The van der Waals surface area contributed by atoms with E-state index in [1.807, 2.05) is 36.4 Å². The van der Waals surface area contributed by atoms with Gasteiger partial charge in [0.25, 0.3) is 0 Å². The molecule has 0 spiro atoms. The number of benzene rings is 2.